The standard InChI is InChI=1S/C15H14FIN6O/c1-9-6-13(23-15(22-9)20-8-21-23)18-4-5-19-14(24)11-3-2-10(16)7-12(11)17/h2-3,6-8,18H,4-5H2,1H3,(H,19,24). The lowest BCUT2D eigenvalue weighted by Gasteiger charge is -2.10. The Labute approximate surface area is 150 Å². The first-order valence-corrected chi connectivity index (χ1v) is 8.27. The number of fused-ring (bicyclic) bond motifs is 1. The third kappa shape index (κ3) is 3.61. The van der Waals surface area contributed by atoms with Crippen molar-refractivity contribution in [1.82, 2.24) is 24.9 Å². The SMILES string of the molecule is Cc1cc(NCCNC(=O)c2ccc(F)cc2I)n2ncnc2n1. The van der Waals surface area contributed by atoms with Gasteiger partial charge in [0.05, 0.1) is 5.56 Å². The van der Waals surface area contributed by atoms with Crippen molar-refractivity contribution in [3.8, 4) is 0 Å². The zero-order valence-electron chi connectivity index (χ0n) is 12.8. The lowest BCUT2D eigenvalue weighted by atomic mass is 10.2. The number of nitrogens with zero attached hydrogens (tertiary/aromatic N) is 4. The highest BCUT2D eigenvalue weighted by Gasteiger charge is 2.10. The number of halogens is 2. The minimum absolute atomic E-state index is 0.238. The van der Waals surface area contributed by atoms with Gasteiger partial charge < -0.3 is 10.6 Å². The van der Waals surface area contributed by atoms with E-state index >= 15 is 0 Å². The van der Waals surface area contributed by atoms with Gasteiger partial charge in [0.15, 0.2) is 0 Å². The van der Waals surface area contributed by atoms with Crippen LogP contribution in [0.3, 0.4) is 0 Å². The summed E-state index contributed by atoms with van der Waals surface area (Å²) in [6.07, 6.45) is 1.44. The van der Waals surface area contributed by atoms with Gasteiger partial charge in [-0.15, -0.1) is 0 Å². The first-order chi connectivity index (χ1) is 11.5. The third-order valence-electron chi connectivity index (χ3n) is 3.27. The Hall–Kier alpha value is -2.30. The van der Waals surface area contributed by atoms with Crippen LogP contribution in [0, 0.1) is 16.3 Å². The minimum Gasteiger partial charge on any atom is -0.368 e. The second-order valence-corrected chi connectivity index (χ2v) is 6.22. The number of benzene rings is 1. The summed E-state index contributed by atoms with van der Waals surface area (Å²) in [4.78, 5) is 20.4. The number of aryl methyl sites for hydroxylation is 1. The Balaban J connectivity index is 1.58. The van der Waals surface area contributed by atoms with Crippen LogP contribution in [0.4, 0.5) is 10.2 Å². The van der Waals surface area contributed by atoms with Crippen molar-refractivity contribution in [1.29, 1.82) is 0 Å². The summed E-state index contributed by atoms with van der Waals surface area (Å²) >= 11 is 1.94. The van der Waals surface area contributed by atoms with E-state index in [4.69, 9.17) is 0 Å². The monoisotopic (exact) mass is 440 g/mol. The van der Waals surface area contributed by atoms with Crippen LogP contribution in [0.15, 0.2) is 30.6 Å². The average molecular weight is 440 g/mol. The quantitative estimate of drug-likeness (QED) is 0.469. The highest BCUT2D eigenvalue weighted by molar-refractivity contribution is 14.1. The molecule has 0 spiro atoms. The number of hydrogen-bond acceptors (Lipinski definition) is 5. The smallest absolute Gasteiger partial charge is 0.254 e. The molecule has 124 valence electrons. The predicted octanol–water partition coefficient (Wildman–Crippen LogP) is 2.02. The van der Waals surface area contributed by atoms with E-state index in [0.29, 0.717) is 28.0 Å². The summed E-state index contributed by atoms with van der Waals surface area (Å²) in [5.41, 5.74) is 1.28. The van der Waals surface area contributed by atoms with E-state index in [1.54, 1.807) is 4.52 Å². The number of amides is 1. The van der Waals surface area contributed by atoms with Crippen molar-refractivity contribution >= 4 is 40.1 Å². The molecular formula is C15H14FIN6O. The highest BCUT2D eigenvalue weighted by atomic mass is 127. The van der Waals surface area contributed by atoms with E-state index in [2.05, 4.69) is 25.7 Å². The largest absolute Gasteiger partial charge is 0.368 e. The molecule has 0 saturated heterocycles. The molecule has 0 aliphatic carbocycles. The fourth-order valence-corrected chi connectivity index (χ4v) is 2.91. The maximum atomic E-state index is 13.1. The molecule has 0 unspecified atom stereocenters. The molecule has 1 amide bonds. The van der Waals surface area contributed by atoms with Crippen LogP contribution in [0.2, 0.25) is 0 Å². The molecule has 9 heteroatoms. The Morgan fingerprint density at radius 3 is 2.96 bits per heavy atom. The summed E-state index contributed by atoms with van der Waals surface area (Å²) < 4.78 is 15.2. The second-order valence-electron chi connectivity index (χ2n) is 5.06. The molecule has 1 aromatic carbocycles. The molecule has 3 rings (SSSR count). The van der Waals surface area contributed by atoms with E-state index < -0.39 is 0 Å². The third-order valence-corrected chi connectivity index (χ3v) is 4.16. The van der Waals surface area contributed by atoms with E-state index in [0.717, 1.165) is 11.5 Å². The van der Waals surface area contributed by atoms with Crippen molar-refractivity contribution in [3.05, 3.63) is 51.2 Å². The summed E-state index contributed by atoms with van der Waals surface area (Å²) in [7, 11) is 0. The van der Waals surface area contributed by atoms with Gasteiger partial charge in [-0.3, -0.25) is 4.79 Å². The zero-order valence-corrected chi connectivity index (χ0v) is 14.9. The lowest BCUT2D eigenvalue weighted by molar-refractivity contribution is 0.0954. The van der Waals surface area contributed by atoms with Crippen LogP contribution in [-0.2, 0) is 0 Å². The molecule has 0 aliphatic heterocycles. The number of hydrogen-bond donors (Lipinski definition) is 2. The van der Waals surface area contributed by atoms with Crippen molar-refractivity contribution in [2.75, 3.05) is 18.4 Å². The van der Waals surface area contributed by atoms with Gasteiger partial charge in [-0.25, -0.2) is 9.37 Å². The van der Waals surface area contributed by atoms with Gasteiger partial charge in [0.2, 0.25) is 0 Å². The Morgan fingerprint density at radius 1 is 1.33 bits per heavy atom. The molecule has 0 fully saturated rings. The number of carbonyl (C=O) groups is 1. The summed E-state index contributed by atoms with van der Waals surface area (Å²) in [6, 6.07) is 5.93. The predicted molar refractivity (Wildman–Crippen MR) is 95.5 cm³/mol. The summed E-state index contributed by atoms with van der Waals surface area (Å²) in [5, 5.41) is 10.1. The van der Waals surface area contributed by atoms with Crippen molar-refractivity contribution < 1.29 is 9.18 Å². The van der Waals surface area contributed by atoms with Crippen LogP contribution in [0.5, 0.6) is 0 Å². The number of carbonyl (C=O) groups excluding carboxylic acids is 1. The van der Waals surface area contributed by atoms with Crippen LogP contribution in [0.1, 0.15) is 16.1 Å². The number of rotatable bonds is 5. The van der Waals surface area contributed by atoms with E-state index in [-0.39, 0.29) is 11.7 Å². The van der Waals surface area contributed by atoms with Crippen molar-refractivity contribution in [2.45, 2.75) is 6.92 Å². The van der Waals surface area contributed by atoms with Gasteiger partial charge >= 0.3 is 0 Å². The molecule has 3 aromatic rings. The number of aromatic nitrogens is 4. The molecule has 0 bridgehead atoms. The topological polar surface area (TPSA) is 84.2 Å². The molecule has 0 aliphatic rings. The maximum Gasteiger partial charge on any atom is 0.254 e. The molecular weight excluding hydrogens is 426 g/mol. The van der Waals surface area contributed by atoms with Gasteiger partial charge in [0.1, 0.15) is 18.0 Å². The molecule has 0 saturated carbocycles. The molecule has 2 N–H and O–H groups in total. The Bertz CT molecular complexity index is 897. The van der Waals surface area contributed by atoms with Crippen LogP contribution >= 0.6 is 22.6 Å². The lowest BCUT2D eigenvalue weighted by Crippen LogP contribution is -2.29. The van der Waals surface area contributed by atoms with E-state index in [1.165, 1.54) is 24.5 Å². The fourth-order valence-electron chi connectivity index (χ4n) is 2.19. The van der Waals surface area contributed by atoms with E-state index in [9.17, 15) is 9.18 Å². The zero-order chi connectivity index (χ0) is 17.1. The molecule has 2 heterocycles. The van der Waals surface area contributed by atoms with Crippen LogP contribution in [-0.4, -0.2) is 38.6 Å². The summed E-state index contributed by atoms with van der Waals surface area (Å²) in [6.45, 7) is 2.78. The van der Waals surface area contributed by atoms with Gasteiger partial charge in [-0.1, -0.05) is 0 Å². The molecule has 7 nitrogen and oxygen atoms in total. The van der Waals surface area contributed by atoms with Crippen LogP contribution in [0.25, 0.3) is 5.78 Å². The molecule has 0 atom stereocenters. The number of nitrogens with one attached hydrogen (secondary N) is 2. The highest BCUT2D eigenvalue weighted by Crippen LogP contribution is 2.13. The first kappa shape index (κ1) is 16.6. The van der Waals surface area contributed by atoms with Crippen molar-refractivity contribution in [3.63, 3.8) is 0 Å². The molecule has 0 radical (unpaired) electrons. The van der Waals surface area contributed by atoms with Crippen molar-refractivity contribution in [2.24, 2.45) is 0 Å². The average Bonchev–Trinajstić information content (AvgIpc) is 2.99. The molecule has 24 heavy (non-hydrogen) atoms. The maximum absolute atomic E-state index is 13.1. The van der Waals surface area contributed by atoms with E-state index in [1.807, 2.05) is 35.6 Å². The number of anilines is 1. The van der Waals surface area contributed by atoms with Gasteiger partial charge in [0.25, 0.3) is 11.7 Å². The minimum atomic E-state index is -0.359. The second kappa shape index (κ2) is 7.07. The molecule has 2 aromatic heterocycles. The van der Waals surface area contributed by atoms with Gasteiger partial charge in [-0.2, -0.15) is 14.6 Å². The Morgan fingerprint density at radius 2 is 2.17 bits per heavy atom. The van der Waals surface area contributed by atoms with Crippen LogP contribution < -0.4 is 10.6 Å². The Kier molecular flexibility index (Phi) is 4.88. The fraction of sp³-hybridized carbons (Fsp3) is 0.200. The van der Waals surface area contributed by atoms with Gasteiger partial charge in [-0.05, 0) is 47.7 Å². The summed E-state index contributed by atoms with van der Waals surface area (Å²) in [5.74, 6) is 0.670. The normalized spacial score (nSPS) is 10.8. The first-order valence-electron chi connectivity index (χ1n) is 7.19. The van der Waals surface area contributed by atoms with Gasteiger partial charge in [0, 0.05) is 28.4 Å².